The number of halogens is 1. The predicted octanol–water partition coefficient (Wildman–Crippen LogP) is 1.61. The molecule has 0 unspecified atom stereocenters. The van der Waals surface area contributed by atoms with Crippen LogP contribution in [0.25, 0.3) is 11.2 Å². The van der Waals surface area contributed by atoms with Gasteiger partial charge in [0.2, 0.25) is 0 Å². The Morgan fingerprint density at radius 2 is 2.10 bits per heavy atom. The van der Waals surface area contributed by atoms with E-state index in [1.807, 2.05) is 24.5 Å². The van der Waals surface area contributed by atoms with Gasteiger partial charge in [0.1, 0.15) is 30.1 Å². The summed E-state index contributed by atoms with van der Waals surface area (Å²) in [6.07, 6.45) is 4.57. The Kier molecular flexibility index (Phi) is 2.57. The zero-order valence-electron chi connectivity index (χ0n) is 11.5. The fourth-order valence-corrected chi connectivity index (χ4v) is 3.32. The molecule has 1 aliphatic heterocycles. The molecule has 0 bridgehead atoms. The van der Waals surface area contributed by atoms with Gasteiger partial charge in [-0.2, -0.15) is 0 Å². The summed E-state index contributed by atoms with van der Waals surface area (Å²) >= 11 is 6.38. The number of aromatic nitrogens is 4. The van der Waals surface area contributed by atoms with Crippen LogP contribution in [0.2, 0.25) is 0 Å². The molecule has 1 aliphatic carbocycles. The van der Waals surface area contributed by atoms with E-state index in [1.54, 1.807) is 6.33 Å². The van der Waals surface area contributed by atoms with Gasteiger partial charge in [-0.1, -0.05) is 11.6 Å². The molecule has 7 nitrogen and oxygen atoms in total. The molecule has 3 atom stereocenters. The maximum Gasteiger partial charge on any atom is 0.166 e. The predicted molar refractivity (Wildman–Crippen MR) is 76.5 cm³/mol. The van der Waals surface area contributed by atoms with Gasteiger partial charge in [-0.05, 0) is 19.9 Å². The van der Waals surface area contributed by atoms with Gasteiger partial charge in [-0.3, -0.25) is 0 Å². The fourth-order valence-electron chi connectivity index (χ4n) is 2.97. The molecule has 4 rings (SSSR count). The van der Waals surface area contributed by atoms with E-state index in [4.69, 9.17) is 26.8 Å². The number of nitrogen functional groups attached to an aromatic ring is 1. The van der Waals surface area contributed by atoms with Crippen molar-refractivity contribution in [3.63, 3.8) is 0 Å². The highest BCUT2D eigenvalue weighted by molar-refractivity contribution is 6.30. The van der Waals surface area contributed by atoms with Gasteiger partial charge in [0.25, 0.3) is 0 Å². The molecule has 0 radical (unpaired) electrons. The van der Waals surface area contributed by atoms with E-state index < -0.39 is 5.79 Å². The number of ether oxygens (including phenoxy) is 2. The summed E-state index contributed by atoms with van der Waals surface area (Å²) in [6, 6.07) is -0.224. The van der Waals surface area contributed by atoms with Crippen LogP contribution in [0.1, 0.15) is 19.9 Å². The molecule has 2 aromatic rings. The largest absolute Gasteiger partial charge is 0.382 e. The minimum absolute atomic E-state index is 0.172. The minimum Gasteiger partial charge on any atom is -0.382 e. The van der Waals surface area contributed by atoms with Gasteiger partial charge in [0, 0.05) is 5.03 Å². The smallest absolute Gasteiger partial charge is 0.166 e. The van der Waals surface area contributed by atoms with Gasteiger partial charge in [0.05, 0.1) is 6.33 Å². The van der Waals surface area contributed by atoms with Gasteiger partial charge in [-0.15, -0.1) is 0 Å². The average Bonchev–Trinajstić information content (AvgIpc) is 3.00. The van der Waals surface area contributed by atoms with E-state index in [2.05, 4.69) is 15.0 Å². The van der Waals surface area contributed by atoms with Crippen LogP contribution < -0.4 is 5.73 Å². The number of nitrogens with zero attached hydrogens (tertiary/aromatic N) is 4. The van der Waals surface area contributed by atoms with E-state index in [-0.39, 0.29) is 18.2 Å². The highest BCUT2D eigenvalue weighted by atomic mass is 35.5. The molecule has 0 amide bonds. The van der Waals surface area contributed by atoms with E-state index in [0.29, 0.717) is 22.0 Å². The van der Waals surface area contributed by atoms with Crippen molar-refractivity contribution < 1.29 is 9.47 Å². The second-order valence-corrected chi connectivity index (χ2v) is 6.08. The van der Waals surface area contributed by atoms with Crippen molar-refractivity contribution >= 4 is 28.6 Å². The molecule has 110 valence electrons. The number of imidazole rings is 1. The standard InChI is InChI=1S/C13H14ClN5O2/c1-13(2)20-7-3-6(14)9(10(7)21-13)19-5-18-8-11(15)16-4-17-12(8)19/h3-5,7,9-10H,1-2H3,(H2,15,16,17)/t7-,9-,10-/m1/s1. The molecule has 21 heavy (non-hydrogen) atoms. The first-order valence-corrected chi connectivity index (χ1v) is 7.00. The zero-order valence-corrected chi connectivity index (χ0v) is 12.3. The second-order valence-electron chi connectivity index (χ2n) is 5.64. The average molecular weight is 308 g/mol. The molecule has 2 aromatic heterocycles. The summed E-state index contributed by atoms with van der Waals surface area (Å²) in [7, 11) is 0. The van der Waals surface area contributed by atoms with Gasteiger partial charge >= 0.3 is 0 Å². The Bertz CT molecular complexity index is 756. The molecule has 8 heteroatoms. The number of nitrogens with two attached hydrogens (primary N) is 1. The quantitative estimate of drug-likeness (QED) is 0.861. The lowest BCUT2D eigenvalue weighted by Gasteiger charge is -2.23. The minimum atomic E-state index is -0.633. The lowest BCUT2D eigenvalue weighted by atomic mass is 10.2. The number of rotatable bonds is 1. The number of fused-ring (bicyclic) bond motifs is 2. The molecule has 0 spiro atoms. The third-order valence-corrected chi connectivity index (χ3v) is 4.12. The zero-order chi connectivity index (χ0) is 14.8. The van der Waals surface area contributed by atoms with Crippen LogP contribution in [-0.2, 0) is 9.47 Å². The summed E-state index contributed by atoms with van der Waals surface area (Å²) in [5, 5.41) is 0.650. The topological polar surface area (TPSA) is 88.1 Å². The Hall–Kier alpha value is -1.70. The normalized spacial score (nSPS) is 30.6. The summed E-state index contributed by atoms with van der Waals surface area (Å²) in [6.45, 7) is 3.77. The van der Waals surface area contributed by atoms with Crippen molar-refractivity contribution in [1.29, 1.82) is 0 Å². The van der Waals surface area contributed by atoms with Crippen molar-refractivity contribution in [1.82, 2.24) is 19.5 Å². The number of anilines is 1. The Morgan fingerprint density at radius 3 is 2.90 bits per heavy atom. The summed E-state index contributed by atoms with van der Waals surface area (Å²) in [5.41, 5.74) is 7.01. The van der Waals surface area contributed by atoms with Crippen molar-refractivity contribution in [2.24, 2.45) is 0 Å². The third-order valence-electron chi connectivity index (χ3n) is 3.77. The molecule has 0 aromatic carbocycles. The van der Waals surface area contributed by atoms with Gasteiger partial charge < -0.3 is 19.8 Å². The second kappa shape index (κ2) is 4.16. The maximum absolute atomic E-state index is 6.38. The van der Waals surface area contributed by atoms with Crippen molar-refractivity contribution in [3.8, 4) is 0 Å². The summed E-state index contributed by atoms with van der Waals surface area (Å²) in [4.78, 5) is 12.5. The molecule has 0 saturated carbocycles. The van der Waals surface area contributed by atoms with Crippen LogP contribution in [0.5, 0.6) is 0 Å². The highest BCUT2D eigenvalue weighted by Gasteiger charge is 2.50. The summed E-state index contributed by atoms with van der Waals surface area (Å²) < 4.78 is 13.7. The Labute approximate surface area is 125 Å². The maximum atomic E-state index is 6.38. The summed E-state index contributed by atoms with van der Waals surface area (Å²) in [5.74, 6) is -0.288. The van der Waals surface area contributed by atoms with E-state index in [9.17, 15) is 0 Å². The van der Waals surface area contributed by atoms with Crippen LogP contribution in [0.3, 0.4) is 0 Å². The molecule has 2 N–H and O–H groups in total. The molecule has 3 heterocycles. The Balaban J connectivity index is 1.82. The van der Waals surface area contributed by atoms with Gasteiger partial charge in [0.15, 0.2) is 17.3 Å². The lowest BCUT2D eigenvalue weighted by Crippen LogP contribution is -2.28. The Morgan fingerprint density at radius 1 is 1.29 bits per heavy atom. The molecular weight excluding hydrogens is 294 g/mol. The number of hydrogen-bond acceptors (Lipinski definition) is 6. The van der Waals surface area contributed by atoms with Gasteiger partial charge in [-0.25, -0.2) is 15.0 Å². The van der Waals surface area contributed by atoms with Crippen molar-refractivity contribution in [2.45, 2.75) is 37.9 Å². The van der Waals surface area contributed by atoms with Crippen LogP contribution in [0.15, 0.2) is 23.8 Å². The van der Waals surface area contributed by atoms with Crippen LogP contribution in [0, 0.1) is 0 Å². The van der Waals surface area contributed by atoms with Crippen LogP contribution in [0.4, 0.5) is 5.82 Å². The fraction of sp³-hybridized carbons (Fsp3) is 0.462. The van der Waals surface area contributed by atoms with Crippen LogP contribution >= 0.6 is 11.6 Å². The van der Waals surface area contributed by atoms with E-state index in [0.717, 1.165) is 0 Å². The monoisotopic (exact) mass is 307 g/mol. The number of hydrogen-bond donors (Lipinski definition) is 1. The van der Waals surface area contributed by atoms with E-state index in [1.165, 1.54) is 6.33 Å². The third kappa shape index (κ3) is 1.85. The molecule has 1 saturated heterocycles. The lowest BCUT2D eigenvalue weighted by molar-refractivity contribution is -0.147. The van der Waals surface area contributed by atoms with Crippen molar-refractivity contribution in [2.75, 3.05) is 5.73 Å². The molecular formula is C13H14ClN5O2. The van der Waals surface area contributed by atoms with E-state index >= 15 is 0 Å². The first-order chi connectivity index (χ1) is 9.96. The van der Waals surface area contributed by atoms with Crippen LogP contribution in [-0.4, -0.2) is 37.5 Å². The molecule has 2 aliphatic rings. The first-order valence-electron chi connectivity index (χ1n) is 6.62. The SMILES string of the molecule is CC1(C)O[C@H]2[C@H](n3cnc4c(N)ncnc43)C(Cl)=C[C@H]2O1. The first kappa shape index (κ1) is 13.0. The molecule has 1 fully saturated rings. The highest BCUT2D eigenvalue weighted by Crippen LogP contribution is 2.45. The van der Waals surface area contributed by atoms with Crippen molar-refractivity contribution in [3.05, 3.63) is 23.8 Å².